The van der Waals surface area contributed by atoms with Gasteiger partial charge in [0, 0.05) is 10.9 Å². The summed E-state index contributed by atoms with van der Waals surface area (Å²) in [5, 5.41) is 2.14. The number of carbonyl (C=O) groups excluding carboxylic acids is 1. The first-order chi connectivity index (χ1) is 12.3. The minimum atomic E-state index is -6.58. The molecule has 2 aromatic rings. The number of hydrogen-bond donors (Lipinski definition) is 1. The van der Waals surface area contributed by atoms with Gasteiger partial charge >= 0.3 is 23.9 Å². The van der Waals surface area contributed by atoms with Crippen LogP contribution < -0.4 is 5.32 Å². The van der Waals surface area contributed by atoms with Crippen LogP contribution in [0.4, 0.5) is 35.9 Å². The third kappa shape index (κ3) is 4.07. The molecular formula is C16H13F7N2OS. The molecule has 0 saturated heterocycles. The molecule has 1 amide bonds. The summed E-state index contributed by atoms with van der Waals surface area (Å²) >= 11 is 0.615. The Kier molecular flexibility index (Phi) is 5.56. The first-order valence-electron chi connectivity index (χ1n) is 7.47. The third-order valence-corrected chi connectivity index (χ3v) is 4.39. The third-order valence-electron chi connectivity index (χ3n) is 3.63. The molecule has 0 unspecified atom stereocenters. The van der Waals surface area contributed by atoms with Crippen LogP contribution in [0.15, 0.2) is 29.6 Å². The van der Waals surface area contributed by atoms with Gasteiger partial charge in [0.25, 0.3) is 0 Å². The summed E-state index contributed by atoms with van der Waals surface area (Å²) in [6.07, 6.45) is -6.58. The van der Waals surface area contributed by atoms with Gasteiger partial charge in [-0.05, 0) is 11.5 Å². The molecule has 1 aromatic carbocycles. The number of halogens is 7. The second-order valence-electron chi connectivity index (χ2n) is 5.92. The monoisotopic (exact) mass is 414 g/mol. The Labute approximate surface area is 153 Å². The highest BCUT2D eigenvalue weighted by molar-refractivity contribution is 7.14. The smallest absolute Gasteiger partial charge is 0.296 e. The lowest BCUT2D eigenvalue weighted by Gasteiger charge is -2.26. The van der Waals surface area contributed by atoms with Crippen LogP contribution in [0.3, 0.4) is 0 Å². The molecule has 2 rings (SSSR count). The molecule has 27 heavy (non-hydrogen) atoms. The zero-order valence-corrected chi connectivity index (χ0v) is 14.7. The minimum absolute atomic E-state index is 0.247. The summed E-state index contributed by atoms with van der Waals surface area (Å²) in [6, 6.07) is 6.97. The van der Waals surface area contributed by atoms with E-state index >= 15 is 0 Å². The quantitative estimate of drug-likeness (QED) is 0.638. The number of anilines is 1. The van der Waals surface area contributed by atoms with Gasteiger partial charge in [-0.15, -0.1) is 11.3 Å². The second kappa shape index (κ2) is 7.10. The van der Waals surface area contributed by atoms with Crippen molar-refractivity contribution >= 4 is 22.4 Å². The van der Waals surface area contributed by atoms with E-state index in [-0.39, 0.29) is 11.6 Å². The lowest BCUT2D eigenvalue weighted by Crippen LogP contribution is -2.57. The highest BCUT2D eigenvalue weighted by atomic mass is 32.1. The summed E-state index contributed by atoms with van der Waals surface area (Å²) in [6.45, 7) is 3.95. The van der Waals surface area contributed by atoms with Crippen LogP contribution in [-0.2, 0) is 4.79 Å². The van der Waals surface area contributed by atoms with Gasteiger partial charge in [0.15, 0.2) is 5.13 Å². The van der Waals surface area contributed by atoms with Crippen LogP contribution in [0, 0.1) is 0 Å². The highest BCUT2D eigenvalue weighted by Gasteiger charge is 2.76. The van der Waals surface area contributed by atoms with E-state index in [9.17, 15) is 35.5 Å². The Bertz CT molecular complexity index is 813. The predicted molar refractivity (Wildman–Crippen MR) is 86.2 cm³/mol. The number of carbonyl (C=O) groups is 1. The molecule has 0 bridgehead atoms. The number of benzene rings is 1. The molecule has 3 nitrogen and oxygen atoms in total. The number of amides is 1. The van der Waals surface area contributed by atoms with Crippen LogP contribution in [0.5, 0.6) is 0 Å². The van der Waals surface area contributed by atoms with Gasteiger partial charge in [-0.2, -0.15) is 30.7 Å². The van der Waals surface area contributed by atoms with Gasteiger partial charge in [0.2, 0.25) is 0 Å². The van der Waals surface area contributed by atoms with Crippen LogP contribution in [0.1, 0.15) is 25.3 Å². The van der Waals surface area contributed by atoms with E-state index in [1.54, 1.807) is 24.3 Å². The number of aromatic nitrogens is 1. The summed E-state index contributed by atoms with van der Waals surface area (Å²) in [5.41, 5.74) is 1.83. The molecule has 1 aromatic heterocycles. The molecule has 1 heterocycles. The van der Waals surface area contributed by atoms with Crippen molar-refractivity contribution in [2.24, 2.45) is 0 Å². The number of nitrogens with zero attached hydrogens (tertiary/aromatic N) is 1. The lowest BCUT2D eigenvalue weighted by atomic mass is 10.0. The van der Waals surface area contributed by atoms with Crippen molar-refractivity contribution in [2.45, 2.75) is 37.8 Å². The molecule has 0 aliphatic carbocycles. The van der Waals surface area contributed by atoms with Crippen molar-refractivity contribution in [3.8, 4) is 11.3 Å². The van der Waals surface area contributed by atoms with Gasteiger partial charge < -0.3 is 0 Å². The molecule has 0 fully saturated rings. The first-order valence-corrected chi connectivity index (χ1v) is 8.35. The fourth-order valence-electron chi connectivity index (χ4n) is 2.00. The molecule has 0 atom stereocenters. The number of nitrogens with one attached hydrogen (secondary N) is 1. The molecular weight excluding hydrogens is 401 g/mol. The minimum Gasteiger partial charge on any atom is -0.296 e. The Morgan fingerprint density at radius 2 is 1.59 bits per heavy atom. The summed E-state index contributed by atoms with van der Waals surface area (Å²) in [5.74, 6) is -15.0. The first kappa shape index (κ1) is 21.1. The van der Waals surface area contributed by atoms with Crippen molar-refractivity contribution < 1.29 is 35.5 Å². The number of alkyl halides is 7. The maximum atomic E-state index is 13.3. The van der Waals surface area contributed by atoms with Crippen LogP contribution in [0.25, 0.3) is 11.3 Å². The van der Waals surface area contributed by atoms with E-state index in [1.807, 2.05) is 13.8 Å². The number of hydrogen-bond acceptors (Lipinski definition) is 3. The topological polar surface area (TPSA) is 42.0 Å². The number of thiazole rings is 1. The van der Waals surface area contributed by atoms with Crippen LogP contribution in [0.2, 0.25) is 0 Å². The van der Waals surface area contributed by atoms with Crippen molar-refractivity contribution in [1.29, 1.82) is 0 Å². The molecule has 148 valence electrons. The maximum absolute atomic E-state index is 13.3. The molecule has 0 spiro atoms. The van der Waals surface area contributed by atoms with Crippen molar-refractivity contribution in [3.05, 3.63) is 35.2 Å². The largest absolute Gasteiger partial charge is 0.460 e. The van der Waals surface area contributed by atoms with E-state index in [0.29, 0.717) is 16.9 Å². The van der Waals surface area contributed by atoms with E-state index in [1.165, 1.54) is 10.7 Å². The standard InChI is InChI=1S/C16H13F7N2OS/c1-8(2)9-3-5-10(6-4-9)11-7-27-13(24-11)25-12(26)14(17,18)15(19,20)16(21,22)23/h3-8H,1-2H3,(H,24,25,26). The molecule has 0 radical (unpaired) electrons. The molecule has 0 saturated carbocycles. The summed E-state index contributed by atoms with van der Waals surface area (Å²) in [7, 11) is 0. The van der Waals surface area contributed by atoms with Crippen LogP contribution in [-0.4, -0.2) is 28.9 Å². The van der Waals surface area contributed by atoms with Gasteiger partial charge in [-0.1, -0.05) is 38.1 Å². The van der Waals surface area contributed by atoms with Gasteiger partial charge in [-0.3, -0.25) is 10.1 Å². The zero-order valence-electron chi connectivity index (χ0n) is 13.9. The normalized spacial score (nSPS) is 13.1. The van der Waals surface area contributed by atoms with Gasteiger partial charge in [-0.25, -0.2) is 4.98 Å². The molecule has 11 heteroatoms. The van der Waals surface area contributed by atoms with E-state index in [2.05, 4.69) is 4.98 Å². The Morgan fingerprint density at radius 1 is 1.04 bits per heavy atom. The van der Waals surface area contributed by atoms with Crippen LogP contribution >= 0.6 is 11.3 Å². The van der Waals surface area contributed by atoms with E-state index in [0.717, 1.165) is 5.56 Å². The fourth-order valence-corrected chi connectivity index (χ4v) is 2.71. The second-order valence-corrected chi connectivity index (χ2v) is 6.77. The maximum Gasteiger partial charge on any atom is 0.460 e. The average molecular weight is 414 g/mol. The fraction of sp³-hybridized carbons (Fsp3) is 0.375. The summed E-state index contributed by atoms with van der Waals surface area (Å²) < 4.78 is 88.8. The molecule has 1 N–H and O–H groups in total. The van der Waals surface area contributed by atoms with Gasteiger partial charge in [0.1, 0.15) is 0 Å². The zero-order chi connectivity index (χ0) is 20.6. The lowest BCUT2D eigenvalue weighted by molar-refractivity contribution is -0.343. The summed E-state index contributed by atoms with van der Waals surface area (Å²) in [4.78, 5) is 15.1. The Hall–Kier alpha value is -2.17. The molecule has 0 aliphatic rings. The Balaban J connectivity index is 2.18. The van der Waals surface area contributed by atoms with Crippen molar-refractivity contribution in [2.75, 3.05) is 5.32 Å². The van der Waals surface area contributed by atoms with E-state index in [4.69, 9.17) is 0 Å². The average Bonchev–Trinajstić information content (AvgIpc) is 3.02. The van der Waals surface area contributed by atoms with Crippen molar-refractivity contribution in [1.82, 2.24) is 4.98 Å². The van der Waals surface area contributed by atoms with Gasteiger partial charge in [0.05, 0.1) is 5.69 Å². The number of rotatable bonds is 5. The predicted octanol–water partition coefficient (Wildman–Crippen LogP) is 5.70. The Morgan fingerprint density at radius 3 is 2.07 bits per heavy atom. The SMILES string of the molecule is CC(C)c1ccc(-c2csc(NC(=O)C(F)(F)C(F)(F)C(F)(F)F)n2)cc1. The van der Waals surface area contributed by atoms with E-state index < -0.39 is 29.1 Å². The van der Waals surface area contributed by atoms with Crippen molar-refractivity contribution in [3.63, 3.8) is 0 Å². The highest BCUT2D eigenvalue weighted by Crippen LogP contribution is 2.47. The molecule has 0 aliphatic heterocycles.